The van der Waals surface area contributed by atoms with Crippen LogP contribution in [0.15, 0.2) is 52.4 Å². The van der Waals surface area contributed by atoms with Crippen LogP contribution in [0.25, 0.3) is 0 Å². The Kier molecular flexibility index (Phi) is 8.87. The minimum absolute atomic E-state index is 0.375. The maximum atomic E-state index is 11.8. The Morgan fingerprint density at radius 3 is 2.40 bits per heavy atom. The van der Waals surface area contributed by atoms with Crippen LogP contribution >= 0.6 is 0 Å². The number of hydrogen-bond acceptors (Lipinski definition) is 4. The number of guanidine groups is 1. The predicted molar refractivity (Wildman–Crippen MR) is 124 cm³/mol. The molecule has 0 heterocycles. The van der Waals surface area contributed by atoms with Crippen molar-refractivity contribution in [3.8, 4) is 0 Å². The number of aryl methyl sites for hydroxylation is 1. The Labute approximate surface area is 181 Å². The van der Waals surface area contributed by atoms with E-state index in [9.17, 15) is 8.42 Å². The first-order valence-electron chi connectivity index (χ1n) is 10.3. The summed E-state index contributed by atoms with van der Waals surface area (Å²) in [5.41, 5.74) is 4.22. The number of benzene rings is 2. The van der Waals surface area contributed by atoms with Gasteiger partial charge in [-0.25, -0.2) is 13.4 Å². The first-order valence-corrected chi connectivity index (χ1v) is 12.2. The molecule has 0 saturated heterocycles. The Hall–Kier alpha value is -2.38. The normalized spacial score (nSPS) is 12.3. The van der Waals surface area contributed by atoms with Gasteiger partial charge in [0.1, 0.15) is 0 Å². The number of nitrogens with zero attached hydrogens (tertiary/aromatic N) is 2. The average Bonchev–Trinajstić information content (AvgIpc) is 2.69. The van der Waals surface area contributed by atoms with Gasteiger partial charge >= 0.3 is 0 Å². The maximum absolute atomic E-state index is 11.8. The lowest BCUT2D eigenvalue weighted by atomic mass is 10.1. The van der Waals surface area contributed by atoms with Gasteiger partial charge in [-0.05, 0) is 55.8 Å². The molecular weight excluding hydrogens is 396 g/mol. The molecule has 6 nitrogen and oxygen atoms in total. The van der Waals surface area contributed by atoms with E-state index < -0.39 is 9.84 Å². The summed E-state index contributed by atoms with van der Waals surface area (Å²) in [5, 5.41) is 6.59. The van der Waals surface area contributed by atoms with E-state index in [4.69, 9.17) is 4.99 Å². The van der Waals surface area contributed by atoms with Crippen LogP contribution in [0, 0.1) is 6.92 Å². The van der Waals surface area contributed by atoms with Gasteiger partial charge in [0.25, 0.3) is 0 Å². The zero-order valence-electron chi connectivity index (χ0n) is 18.7. The fourth-order valence-corrected chi connectivity index (χ4v) is 4.14. The highest BCUT2D eigenvalue weighted by Crippen LogP contribution is 2.16. The summed E-state index contributed by atoms with van der Waals surface area (Å²) in [6, 6.07) is 13.9. The number of aliphatic imine (C=N–C) groups is 1. The molecule has 2 N–H and O–H groups in total. The van der Waals surface area contributed by atoms with Gasteiger partial charge in [-0.2, -0.15) is 0 Å². The summed E-state index contributed by atoms with van der Waals surface area (Å²) in [7, 11) is -1.09. The molecule has 2 aromatic rings. The largest absolute Gasteiger partial charge is 0.357 e. The second kappa shape index (κ2) is 11.1. The quantitative estimate of drug-likeness (QED) is 0.472. The van der Waals surface area contributed by atoms with Crippen LogP contribution in [0.5, 0.6) is 0 Å². The third-order valence-corrected chi connectivity index (χ3v) is 6.10. The number of hydrogen-bond donors (Lipinski definition) is 2. The molecule has 0 spiro atoms. The topological polar surface area (TPSA) is 73.8 Å². The van der Waals surface area contributed by atoms with Gasteiger partial charge in [0.15, 0.2) is 15.8 Å². The summed E-state index contributed by atoms with van der Waals surface area (Å²) in [5.74, 6) is 0.735. The highest BCUT2D eigenvalue weighted by molar-refractivity contribution is 7.90. The van der Waals surface area contributed by atoms with E-state index in [1.165, 1.54) is 17.4 Å². The highest BCUT2D eigenvalue weighted by atomic mass is 32.2. The second-order valence-corrected chi connectivity index (χ2v) is 9.56. The standard InChI is InChI=1S/C23H34N4O2S/c1-6-24-23(25-15-19-9-8-10-21(14-19)17-27(4)7-2)26-16-20-11-12-22(18(3)13-20)30(5,28)29/h8-14H,6-7,15-17H2,1-5H3,(H2,24,25,26). The summed E-state index contributed by atoms with van der Waals surface area (Å²) < 4.78 is 23.6. The minimum Gasteiger partial charge on any atom is -0.357 e. The van der Waals surface area contributed by atoms with E-state index in [0.717, 1.165) is 36.7 Å². The maximum Gasteiger partial charge on any atom is 0.191 e. The first-order chi connectivity index (χ1) is 14.2. The molecule has 30 heavy (non-hydrogen) atoms. The van der Waals surface area contributed by atoms with Crippen molar-refractivity contribution in [3.63, 3.8) is 0 Å². The molecular formula is C23H34N4O2S. The zero-order chi connectivity index (χ0) is 22.1. The molecule has 2 rings (SSSR count). The number of rotatable bonds is 9. The van der Waals surface area contributed by atoms with Gasteiger partial charge < -0.3 is 15.5 Å². The zero-order valence-corrected chi connectivity index (χ0v) is 19.5. The molecule has 0 fully saturated rings. The van der Waals surface area contributed by atoms with Crippen LogP contribution in [0.2, 0.25) is 0 Å². The average molecular weight is 431 g/mol. The molecule has 0 atom stereocenters. The van der Waals surface area contributed by atoms with Crippen LogP contribution in [0.4, 0.5) is 0 Å². The van der Waals surface area contributed by atoms with E-state index in [1.54, 1.807) is 6.07 Å². The monoisotopic (exact) mass is 430 g/mol. The van der Waals surface area contributed by atoms with E-state index >= 15 is 0 Å². The fraction of sp³-hybridized carbons (Fsp3) is 0.435. The van der Waals surface area contributed by atoms with Crippen LogP contribution in [0.1, 0.15) is 36.1 Å². The van der Waals surface area contributed by atoms with Crippen LogP contribution in [-0.2, 0) is 29.5 Å². The molecule has 0 unspecified atom stereocenters. The highest BCUT2D eigenvalue weighted by Gasteiger charge is 2.11. The molecule has 0 saturated carbocycles. The Morgan fingerprint density at radius 2 is 1.77 bits per heavy atom. The molecule has 7 heteroatoms. The van der Waals surface area contributed by atoms with Crippen molar-refractivity contribution in [1.29, 1.82) is 0 Å². The van der Waals surface area contributed by atoms with Gasteiger partial charge in [-0.1, -0.05) is 43.3 Å². The Bertz CT molecular complexity index is 971. The van der Waals surface area contributed by atoms with Gasteiger partial charge in [0.05, 0.1) is 11.4 Å². The predicted octanol–water partition coefficient (Wildman–Crippen LogP) is 3.11. The molecule has 0 amide bonds. The van der Waals surface area contributed by atoms with Crippen LogP contribution in [-0.4, -0.2) is 45.7 Å². The Morgan fingerprint density at radius 1 is 1.03 bits per heavy atom. The summed E-state index contributed by atoms with van der Waals surface area (Å²) in [6.45, 7) is 9.86. The third kappa shape index (κ3) is 7.46. The van der Waals surface area contributed by atoms with Crippen molar-refractivity contribution in [2.24, 2.45) is 4.99 Å². The number of nitrogens with one attached hydrogen (secondary N) is 2. The molecule has 0 aliphatic rings. The molecule has 0 aliphatic carbocycles. The smallest absolute Gasteiger partial charge is 0.191 e. The van der Waals surface area contributed by atoms with Crippen molar-refractivity contribution >= 4 is 15.8 Å². The SMILES string of the molecule is CCNC(=NCc1cccc(CN(C)CC)c1)NCc1ccc(S(C)(=O)=O)c(C)c1. The van der Waals surface area contributed by atoms with Crippen molar-refractivity contribution in [1.82, 2.24) is 15.5 Å². The fourth-order valence-electron chi connectivity index (χ4n) is 3.19. The van der Waals surface area contributed by atoms with Crippen molar-refractivity contribution in [2.45, 2.75) is 45.3 Å². The van der Waals surface area contributed by atoms with E-state index in [1.807, 2.05) is 26.0 Å². The van der Waals surface area contributed by atoms with Crippen LogP contribution < -0.4 is 10.6 Å². The minimum atomic E-state index is -3.20. The molecule has 2 aromatic carbocycles. The van der Waals surface area contributed by atoms with Crippen LogP contribution in [0.3, 0.4) is 0 Å². The second-order valence-electron chi connectivity index (χ2n) is 7.57. The summed E-state index contributed by atoms with van der Waals surface area (Å²) in [4.78, 5) is 7.35. The molecule has 164 valence electrons. The summed E-state index contributed by atoms with van der Waals surface area (Å²) in [6.07, 6.45) is 1.23. The number of sulfone groups is 1. The first kappa shape index (κ1) is 23.9. The third-order valence-electron chi connectivity index (χ3n) is 4.85. The van der Waals surface area contributed by atoms with Gasteiger partial charge in [0.2, 0.25) is 0 Å². The lowest BCUT2D eigenvalue weighted by Gasteiger charge is -2.15. The lowest BCUT2D eigenvalue weighted by Crippen LogP contribution is -2.36. The Balaban J connectivity index is 2.05. The van der Waals surface area contributed by atoms with E-state index in [-0.39, 0.29) is 0 Å². The van der Waals surface area contributed by atoms with E-state index in [0.29, 0.717) is 18.0 Å². The molecule has 0 aliphatic heterocycles. The summed E-state index contributed by atoms with van der Waals surface area (Å²) >= 11 is 0. The molecule has 0 radical (unpaired) electrons. The van der Waals surface area contributed by atoms with E-state index in [2.05, 4.69) is 53.8 Å². The van der Waals surface area contributed by atoms with Gasteiger partial charge in [-0.3, -0.25) is 0 Å². The van der Waals surface area contributed by atoms with Gasteiger partial charge in [0, 0.05) is 25.9 Å². The lowest BCUT2D eigenvalue weighted by molar-refractivity contribution is 0.345. The van der Waals surface area contributed by atoms with Crippen molar-refractivity contribution < 1.29 is 8.42 Å². The molecule has 0 aromatic heterocycles. The molecule has 0 bridgehead atoms. The van der Waals surface area contributed by atoms with Crippen molar-refractivity contribution in [3.05, 3.63) is 64.7 Å². The van der Waals surface area contributed by atoms with Gasteiger partial charge in [-0.15, -0.1) is 0 Å². The van der Waals surface area contributed by atoms with Crippen molar-refractivity contribution in [2.75, 3.05) is 26.4 Å².